The maximum atomic E-state index is 13.7. The molecule has 0 spiro atoms. The van der Waals surface area contributed by atoms with Crippen LogP contribution in [0.15, 0.2) is 108 Å². The maximum absolute atomic E-state index is 13.7. The highest BCUT2D eigenvalue weighted by Gasteiger charge is 2.51. The summed E-state index contributed by atoms with van der Waals surface area (Å²) in [6, 6.07) is 26.2. The number of imidazole rings is 1. The van der Waals surface area contributed by atoms with E-state index in [-0.39, 0.29) is 42.9 Å². The van der Waals surface area contributed by atoms with Crippen molar-refractivity contribution < 1.29 is 37.5 Å². The molecule has 318 valence electrons. The van der Waals surface area contributed by atoms with E-state index in [1.807, 2.05) is 95.9 Å². The summed E-state index contributed by atoms with van der Waals surface area (Å²) < 4.78 is 47.8. The van der Waals surface area contributed by atoms with Gasteiger partial charge in [-0.3, -0.25) is 4.79 Å². The van der Waals surface area contributed by atoms with Crippen molar-refractivity contribution in [2.45, 2.75) is 68.6 Å². The fourth-order valence-corrected chi connectivity index (χ4v) is 8.34. The van der Waals surface area contributed by atoms with Gasteiger partial charge in [0.15, 0.2) is 17.0 Å². The Morgan fingerprint density at radius 3 is 2.28 bits per heavy atom. The Morgan fingerprint density at radius 2 is 1.62 bits per heavy atom. The summed E-state index contributed by atoms with van der Waals surface area (Å²) in [5, 5.41) is 35.9. The predicted molar refractivity (Wildman–Crippen MR) is 221 cm³/mol. The Labute approximate surface area is 348 Å². The van der Waals surface area contributed by atoms with Gasteiger partial charge in [-0.15, -0.1) is 0 Å². The monoisotopic (exact) mass is 838 g/mol. The lowest BCUT2D eigenvalue weighted by atomic mass is 9.91. The Bertz CT molecular complexity index is 2400. The Morgan fingerprint density at radius 1 is 0.951 bits per heavy atom. The van der Waals surface area contributed by atoms with Crippen molar-refractivity contribution in [3.05, 3.63) is 115 Å². The largest absolute Gasteiger partial charge is 0.471 e. The molecule has 3 amide bonds. The second-order valence-corrected chi connectivity index (χ2v) is 15.3. The van der Waals surface area contributed by atoms with Crippen LogP contribution in [0.1, 0.15) is 49.3 Å². The van der Waals surface area contributed by atoms with Crippen LogP contribution in [0.25, 0.3) is 22.4 Å². The van der Waals surface area contributed by atoms with Gasteiger partial charge in [0, 0.05) is 43.7 Å². The molecular weight excluding hydrogens is 794 g/mol. The third-order valence-corrected chi connectivity index (χ3v) is 11.3. The first-order valence-electron chi connectivity index (χ1n) is 20.1. The maximum Gasteiger partial charge on any atom is 0.471 e. The standard InChI is InChI=1S/C43H45F3N10O5/c1-2-19-55(40(59)43(44,45)46)32-21-33(37(58)36(32)57)56-25-48-35-38(47-22-30(26-12-6-3-7-13-26)27-14-8-4-9-15-27)51-41(52-39(35)56)54-20-18-29(23-54)49-42(60)50-31-24-61-53-34(31)28-16-10-5-11-17-28/h3-17,24-25,29-30,32-33,36-37,57-58H,2,18-23H2,1H3,(H,47,51,52)(H2,49,50,60)/t29-,32+,33-,36-,37+/m1/s1. The van der Waals surface area contributed by atoms with E-state index in [1.165, 1.54) is 17.2 Å². The van der Waals surface area contributed by atoms with Gasteiger partial charge in [-0.1, -0.05) is 103 Å². The molecule has 1 aliphatic heterocycles. The molecular formula is C43H45F3N10O5. The normalized spacial score (nSPS) is 20.3. The van der Waals surface area contributed by atoms with Gasteiger partial charge in [0.25, 0.3) is 0 Å². The summed E-state index contributed by atoms with van der Waals surface area (Å²) in [5.74, 6) is -1.52. The highest BCUT2D eigenvalue weighted by molar-refractivity contribution is 5.93. The zero-order chi connectivity index (χ0) is 42.7. The number of amides is 3. The summed E-state index contributed by atoms with van der Waals surface area (Å²) in [5.41, 5.74) is 4.39. The fraction of sp³-hybridized carbons (Fsp3) is 0.349. The number of urea groups is 1. The molecule has 5 N–H and O–H groups in total. The van der Waals surface area contributed by atoms with Gasteiger partial charge in [0.1, 0.15) is 29.9 Å². The second kappa shape index (κ2) is 17.6. The molecule has 1 aliphatic carbocycles. The van der Waals surface area contributed by atoms with Gasteiger partial charge in [0.05, 0.1) is 18.4 Å². The average molecular weight is 839 g/mol. The van der Waals surface area contributed by atoms with Crippen molar-refractivity contribution in [3.8, 4) is 11.3 Å². The molecule has 0 bridgehead atoms. The van der Waals surface area contributed by atoms with E-state index in [1.54, 1.807) is 6.92 Å². The number of hydrogen-bond acceptors (Lipinski definition) is 11. The van der Waals surface area contributed by atoms with E-state index in [4.69, 9.17) is 14.5 Å². The van der Waals surface area contributed by atoms with E-state index >= 15 is 0 Å². The minimum absolute atomic E-state index is 0.104. The lowest BCUT2D eigenvalue weighted by Gasteiger charge is -2.31. The number of carbonyl (C=O) groups excluding carboxylic acids is 2. The minimum Gasteiger partial charge on any atom is -0.388 e. The van der Waals surface area contributed by atoms with E-state index in [2.05, 4.69) is 26.1 Å². The van der Waals surface area contributed by atoms with Crippen LogP contribution in [0.5, 0.6) is 0 Å². The summed E-state index contributed by atoms with van der Waals surface area (Å²) >= 11 is 0. The first-order valence-corrected chi connectivity index (χ1v) is 20.1. The number of nitrogens with zero attached hydrogens (tertiary/aromatic N) is 7. The molecule has 61 heavy (non-hydrogen) atoms. The second-order valence-electron chi connectivity index (χ2n) is 15.3. The Hall–Kier alpha value is -6.53. The molecule has 1 saturated carbocycles. The molecule has 2 fully saturated rings. The van der Waals surface area contributed by atoms with Crippen LogP contribution in [0.4, 0.5) is 35.4 Å². The molecule has 0 unspecified atom stereocenters. The quantitative estimate of drug-likeness (QED) is 0.0924. The van der Waals surface area contributed by atoms with Gasteiger partial charge in [-0.25, -0.2) is 9.78 Å². The Balaban J connectivity index is 1.09. The number of aliphatic hydroxyl groups excluding tert-OH is 2. The van der Waals surface area contributed by atoms with Crippen LogP contribution >= 0.6 is 0 Å². The number of hydrogen-bond donors (Lipinski definition) is 5. The van der Waals surface area contributed by atoms with Crippen LogP contribution in [-0.2, 0) is 4.79 Å². The number of alkyl halides is 3. The number of halogens is 3. The van der Waals surface area contributed by atoms with E-state index < -0.39 is 42.4 Å². The zero-order valence-electron chi connectivity index (χ0n) is 33.1. The lowest BCUT2D eigenvalue weighted by Crippen LogP contribution is -2.51. The van der Waals surface area contributed by atoms with Gasteiger partial charge < -0.3 is 45.1 Å². The molecule has 18 heteroatoms. The fourth-order valence-electron chi connectivity index (χ4n) is 8.34. The van der Waals surface area contributed by atoms with Gasteiger partial charge in [-0.2, -0.15) is 23.1 Å². The molecule has 4 heterocycles. The molecule has 3 aromatic heterocycles. The van der Waals surface area contributed by atoms with Crippen LogP contribution in [0.3, 0.4) is 0 Å². The van der Waals surface area contributed by atoms with Crippen molar-refractivity contribution in [2.24, 2.45) is 0 Å². The first kappa shape index (κ1) is 41.2. The number of aliphatic hydroxyl groups is 2. The number of nitrogens with one attached hydrogen (secondary N) is 3. The third-order valence-electron chi connectivity index (χ3n) is 11.3. The average Bonchev–Trinajstić information content (AvgIpc) is 4.08. The van der Waals surface area contributed by atoms with E-state index in [9.17, 15) is 33.0 Å². The molecule has 1 saturated heterocycles. The van der Waals surface area contributed by atoms with Gasteiger partial charge in [-0.05, 0) is 30.4 Å². The summed E-state index contributed by atoms with van der Waals surface area (Å²) in [7, 11) is 0. The van der Waals surface area contributed by atoms with E-state index in [0.29, 0.717) is 53.7 Å². The van der Waals surface area contributed by atoms with Gasteiger partial charge >= 0.3 is 18.1 Å². The van der Waals surface area contributed by atoms with Gasteiger partial charge in [0.2, 0.25) is 5.95 Å². The summed E-state index contributed by atoms with van der Waals surface area (Å²) in [4.78, 5) is 42.8. The molecule has 5 atom stereocenters. The van der Waals surface area contributed by atoms with Crippen molar-refractivity contribution in [1.29, 1.82) is 0 Å². The van der Waals surface area contributed by atoms with Crippen molar-refractivity contribution in [1.82, 2.24) is 34.9 Å². The number of benzene rings is 3. The minimum atomic E-state index is -5.16. The lowest BCUT2D eigenvalue weighted by molar-refractivity contribution is -0.190. The number of rotatable bonds is 13. The predicted octanol–water partition coefficient (Wildman–Crippen LogP) is 5.96. The highest BCUT2D eigenvalue weighted by Crippen LogP contribution is 2.39. The Kier molecular flexibility index (Phi) is 11.9. The van der Waals surface area contributed by atoms with Crippen LogP contribution in [0.2, 0.25) is 0 Å². The van der Waals surface area contributed by atoms with Crippen LogP contribution in [0, 0.1) is 0 Å². The molecule has 6 aromatic rings. The molecule has 8 rings (SSSR count). The smallest absolute Gasteiger partial charge is 0.388 e. The van der Waals surface area contributed by atoms with Crippen LogP contribution < -0.4 is 20.9 Å². The summed E-state index contributed by atoms with van der Waals surface area (Å²) in [6.45, 7) is 2.55. The molecule has 15 nitrogen and oxygen atoms in total. The topological polar surface area (TPSA) is 187 Å². The first-order chi connectivity index (χ1) is 29.5. The molecule has 0 radical (unpaired) electrons. The number of carbonyl (C=O) groups is 2. The zero-order valence-corrected chi connectivity index (χ0v) is 33.1. The molecule has 3 aromatic carbocycles. The summed E-state index contributed by atoms with van der Waals surface area (Å²) in [6.07, 6.45) is -5.03. The third kappa shape index (κ3) is 8.72. The van der Waals surface area contributed by atoms with Crippen molar-refractivity contribution in [2.75, 3.05) is 41.7 Å². The SMILES string of the molecule is CCCN(C(=O)C(F)(F)F)[C@H]1C[C@@H](n2cnc3c(NCC(c4ccccc4)c4ccccc4)nc(N4CC[C@@H](NC(=O)Nc5conc5-c5ccccc5)C4)nc32)[C@H](O)[C@@H]1O. The highest BCUT2D eigenvalue weighted by atomic mass is 19.4. The number of aromatic nitrogens is 5. The van der Waals surface area contributed by atoms with Crippen LogP contribution in [-0.4, -0.2) is 108 Å². The number of fused-ring (bicyclic) bond motifs is 1. The van der Waals surface area contributed by atoms with Crippen molar-refractivity contribution in [3.63, 3.8) is 0 Å². The molecule has 2 aliphatic rings. The number of anilines is 3. The van der Waals surface area contributed by atoms with E-state index in [0.717, 1.165) is 16.7 Å². The van der Waals surface area contributed by atoms with Crippen molar-refractivity contribution >= 4 is 40.6 Å².